The van der Waals surface area contributed by atoms with Crippen LogP contribution in [0.5, 0.6) is 0 Å². The van der Waals surface area contributed by atoms with E-state index in [0.29, 0.717) is 19.3 Å². The number of carbonyl (C=O) groups is 1. The van der Waals surface area contributed by atoms with E-state index in [1.54, 1.807) is 6.92 Å². The van der Waals surface area contributed by atoms with Gasteiger partial charge in [0.2, 0.25) is 0 Å². The molecular weight excluding hydrogens is 186 g/mol. The number of ether oxygens (including phenoxy) is 3. The van der Waals surface area contributed by atoms with Gasteiger partial charge in [0.25, 0.3) is 0 Å². The van der Waals surface area contributed by atoms with E-state index in [4.69, 9.17) is 14.2 Å². The molecule has 0 aliphatic carbocycles. The summed E-state index contributed by atoms with van der Waals surface area (Å²) in [5.41, 5.74) is 0. The average molecular weight is 203 g/mol. The number of hydrogen-bond donors (Lipinski definition) is 1. The summed E-state index contributed by atoms with van der Waals surface area (Å²) in [5.74, 6) is -0.306. The van der Waals surface area contributed by atoms with E-state index < -0.39 is 0 Å². The SMILES string of the molecule is CCOC(=O)COCCNC1COC1. The van der Waals surface area contributed by atoms with Crippen LogP contribution in [0.2, 0.25) is 0 Å². The Morgan fingerprint density at radius 2 is 2.36 bits per heavy atom. The summed E-state index contributed by atoms with van der Waals surface area (Å²) < 4.78 is 14.8. The van der Waals surface area contributed by atoms with Gasteiger partial charge in [-0.2, -0.15) is 0 Å². The van der Waals surface area contributed by atoms with Crippen molar-refractivity contribution in [2.24, 2.45) is 0 Å². The van der Waals surface area contributed by atoms with Crippen molar-refractivity contribution in [3.63, 3.8) is 0 Å². The van der Waals surface area contributed by atoms with Crippen molar-refractivity contribution in [3.05, 3.63) is 0 Å². The minimum Gasteiger partial charge on any atom is -0.464 e. The first-order chi connectivity index (χ1) is 6.83. The highest BCUT2D eigenvalue weighted by atomic mass is 16.6. The monoisotopic (exact) mass is 203 g/mol. The Kier molecular flexibility index (Phi) is 5.51. The molecule has 14 heavy (non-hydrogen) atoms. The van der Waals surface area contributed by atoms with Gasteiger partial charge >= 0.3 is 5.97 Å². The Hall–Kier alpha value is -0.650. The molecule has 1 aliphatic rings. The Balaban J connectivity index is 1.81. The minimum atomic E-state index is -0.306. The summed E-state index contributed by atoms with van der Waals surface area (Å²) >= 11 is 0. The highest BCUT2D eigenvalue weighted by Crippen LogP contribution is 1.98. The molecule has 0 radical (unpaired) electrons. The largest absolute Gasteiger partial charge is 0.464 e. The first kappa shape index (κ1) is 11.4. The van der Waals surface area contributed by atoms with Crippen molar-refractivity contribution in [1.82, 2.24) is 5.32 Å². The fourth-order valence-electron chi connectivity index (χ4n) is 1.05. The molecule has 0 saturated carbocycles. The molecule has 1 heterocycles. The quantitative estimate of drug-likeness (QED) is 0.449. The number of rotatable bonds is 7. The van der Waals surface area contributed by atoms with Gasteiger partial charge < -0.3 is 19.5 Å². The molecule has 0 aromatic heterocycles. The molecule has 0 aromatic carbocycles. The Labute approximate surface area is 83.7 Å². The highest BCUT2D eigenvalue weighted by Gasteiger charge is 2.16. The summed E-state index contributed by atoms with van der Waals surface area (Å²) in [7, 11) is 0. The molecule has 0 bridgehead atoms. The number of hydrogen-bond acceptors (Lipinski definition) is 5. The zero-order chi connectivity index (χ0) is 10.2. The lowest BCUT2D eigenvalue weighted by Crippen LogP contribution is -2.47. The molecule has 5 heteroatoms. The summed E-state index contributed by atoms with van der Waals surface area (Å²) in [6, 6.07) is 0.459. The van der Waals surface area contributed by atoms with Crippen LogP contribution in [0.1, 0.15) is 6.92 Å². The second-order valence-corrected chi connectivity index (χ2v) is 3.05. The van der Waals surface area contributed by atoms with Gasteiger partial charge in [-0.15, -0.1) is 0 Å². The van der Waals surface area contributed by atoms with Gasteiger partial charge in [-0.25, -0.2) is 4.79 Å². The normalized spacial score (nSPS) is 16.4. The van der Waals surface area contributed by atoms with E-state index in [0.717, 1.165) is 19.8 Å². The van der Waals surface area contributed by atoms with Gasteiger partial charge in [-0.3, -0.25) is 0 Å². The van der Waals surface area contributed by atoms with Crippen molar-refractivity contribution in [1.29, 1.82) is 0 Å². The van der Waals surface area contributed by atoms with Gasteiger partial charge in [-0.05, 0) is 6.92 Å². The maximum absolute atomic E-state index is 10.8. The summed E-state index contributed by atoms with van der Waals surface area (Å²) in [4.78, 5) is 10.8. The van der Waals surface area contributed by atoms with E-state index in [9.17, 15) is 4.79 Å². The number of nitrogens with one attached hydrogen (secondary N) is 1. The van der Waals surface area contributed by atoms with E-state index in [2.05, 4.69) is 5.32 Å². The van der Waals surface area contributed by atoms with E-state index in [1.807, 2.05) is 0 Å². The van der Waals surface area contributed by atoms with E-state index >= 15 is 0 Å². The zero-order valence-corrected chi connectivity index (χ0v) is 8.45. The smallest absolute Gasteiger partial charge is 0.332 e. The molecule has 0 atom stereocenters. The minimum absolute atomic E-state index is 0.0384. The lowest BCUT2D eigenvalue weighted by molar-refractivity contribution is -0.148. The summed E-state index contributed by atoms with van der Waals surface area (Å²) in [6.07, 6.45) is 0. The maximum Gasteiger partial charge on any atom is 0.332 e. The molecule has 0 aromatic rings. The maximum atomic E-state index is 10.8. The van der Waals surface area contributed by atoms with Crippen molar-refractivity contribution in [3.8, 4) is 0 Å². The van der Waals surface area contributed by atoms with Crippen LogP contribution in [0, 0.1) is 0 Å². The van der Waals surface area contributed by atoms with Crippen LogP contribution in [0.4, 0.5) is 0 Å². The van der Waals surface area contributed by atoms with E-state index in [1.165, 1.54) is 0 Å². The second-order valence-electron chi connectivity index (χ2n) is 3.05. The molecule has 0 unspecified atom stereocenters. The van der Waals surface area contributed by atoms with Crippen molar-refractivity contribution < 1.29 is 19.0 Å². The molecule has 1 rings (SSSR count). The van der Waals surface area contributed by atoms with Gasteiger partial charge in [0.1, 0.15) is 6.61 Å². The topological polar surface area (TPSA) is 56.8 Å². The van der Waals surface area contributed by atoms with Crippen molar-refractivity contribution >= 4 is 5.97 Å². The van der Waals surface area contributed by atoms with Crippen LogP contribution >= 0.6 is 0 Å². The predicted molar refractivity (Wildman–Crippen MR) is 50.1 cm³/mol. The zero-order valence-electron chi connectivity index (χ0n) is 8.45. The first-order valence-electron chi connectivity index (χ1n) is 4.87. The Bertz CT molecular complexity index is 170. The van der Waals surface area contributed by atoms with Gasteiger partial charge in [0.15, 0.2) is 0 Å². The van der Waals surface area contributed by atoms with Gasteiger partial charge in [0.05, 0.1) is 32.5 Å². The van der Waals surface area contributed by atoms with Crippen LogP contribution in [0.3, 0.4) is 0 Å². The summed E-state index contributed by atoms with van der Waals surface area (Å²) in [6.45, 7) is 5.03. The highest BCUT2D eigenvalue weighted by molar-refractivity contribution is 5.70. The lowest BCUT2D eigenvalue weighted by atomic mass is 10.2. The average Bonchev–Trinajstić information content (AvgIpc) is 2.08. The molecule has 5 nitrogen and oxygen atoms in total. The van der Waals surface area contributed by atoms with Crippen molar-refractivity contribution in [2.75, 3.05) is 39.6 Å². The van der Waals surface area contributed by atoms with Crippen LogP contribution in [-0.4, -0.2) is 51.6 Å². The summed E-state index contributed by atoms with van der Waals surface area (Å²) in [5, 5.41) is 3.22. The van der Waals surface area contributed by atoms with Crippen LogP contribution in [-0.2, 0) is 19.0 Å². The standard InChI is InChI=1S/C9H17NO4/c1-2-14-9(11)7-12-4-3-10-8-5-13-6-8/h8,10H,2-7H2,1H3. The fraction of sp³-hybridized carbons (Fsp3) is 0.889. The lowest BCUT2D eigenvalue weighted by Gasteiger charge is -2.26. The molecule has 0 amide bonds. The molecule has 1 aliphatic heterocycles. The molecule has 0 spiro atoms. The predicted octanol–water partition coefficient (Wildman–Crippen LogP) is -0.445. The van der Waals surface area contributed by atoms with Crippen LogP contribution in [0.25, 0.3) is 0 Å². The molecular formula is C9H17NO4. The number of esters is 1. The first-order valence-corrected chi connectivity index (χ1v) is 4.87. The number of carbonyl (C=O) groups excluding carboxylic acids is 1. The van der Waals surface area contributed by atoms with Crippen LogP contribution < -0.4 is 5.32 Å². The van der Waals surface area contributed by atoms with E-state index in [-0.39, 0.29) is 12.6 Å². The van der Waals surface area contributed by atoms with Gasteiger partial charge in [0, 0.05) is 6.54 Å². The van der Waals surface area contributed by atoms with Crippen LogP contribution in [0.15, 0.2) is 0 Å². The third kappa shape index (κ3) is 4.55. The Morgan fingerprint density at radius 1 is 1.57 bits per heavy atom. The third-order valence-electron chi connectivity index (χ3n) is 1.84. The molecule has 1 fully saturated rings. The molecule has 82 valence electrons. The second kappa shape index (κ2) is 6.75. The van der Waals surface area contributed by atoms with Gasteiger partial charge in [-0.1, -0.05) is 0 Å². The Morgan fingerprint density at radius 3 is 2.93 bits per heavy atom. The molecule has 1 saturated heterocycles. The van der Waals surface area contributed by atoms with Crippen molar-refractivity contribution in [2.45, 2.75) is 13.0 Å². The fourth-order valence-corrected chi connectivity index (χ4v) is 1.05. The third-order valence-corrected chi connectivity index (χ3v) is 1.84. The molecule has 1 N–H and O–H groups in total.